The van der Waals surface area contributed by atoms with Crippen LogP contribution >= 0.6 is 0 Å². The zero-order chi connectivity index (χ0) is 18.5. The lowest BCUT2D eigenvalue weighted by atomic mass is 9.93. The summed E-state index contributed by atoms with van der Waals surface area (Å²) in [5.74, 6) is 3.25. The van der Waals surface area contributed by atoms with E-state index in [4.69, 9.17) is 18.9 Å². The standard InChI is InChI=1S/C22H22NO4/c1-4-16-21-14(5-6-18(24-2)22(21)25-3)9-17-15-11-20-19(26-12-27-20)10-13(15)7-8-23(16)17/h5-6,9-11H,4,7-8,12H2,1-3H3/q+1. The molecule has 0 aliphatic carbocycles. The highest BCUT2D eigenvalue weighted by atomic mass is 16.7. The highest BCUT2D eigenvalue weighted by Gasteiger charge is 2.31. The van der Waals surface area contributed by atoms with E-state index in [9.17, 15) is 0 Å². The van der Waals surface area contributed by atoms with Crippen molar-refractivity contribution >= 4 is 10.8 Å². The second kappa shape index (κ2) is 6.05. The van der Waals surface area contributed by atoms with Gasteiger partial charge in [-0.1, -0.05) is 6.92 Å². The molecule has 0 amide bonds. The Kier molecular flexibility index (Phi) is 3.64. The minimum Gasteiger partial charge on any atom is -0.493 e. The smallest absolute Gasteiger partial charge is 0.231 e. The summed E-state index contributed by atoms with van der Waals surface area (Å²) in [6.07, 6.45) is 1.88. The quantitative estimate of drug-likeness (QED) is 0.665. The first-order valence-electron chi connectivity index (χ1n) is 9.28. The summed E-state index contributed by atoms with van der Waals surface area (Å²) >= 11 is 0. The predicted molar refractivity (Wildman–Crippen MR) is 102 cm³/mol. The van der Waals surface area contributed by atoms with E-state index in [1.807, 2.05) is 6.07 Å². The maximum absolute atomic E-state index is 5.74. The third-order valence-corrected chi connectivity index (χ3v) is 5.59. The Balaban J connectivity index is 1.83. The SMILES string of the molecule is CCc1c2c(OC)c(OC)ccc2cc2[n+]1CCc1cc3c(cc1-2)OCO3. The molecule has 5 rings (SSSR count). The van der Waals surface area contributed by atoms with Gasteiger partial charge in [-0.15, -0.1) is 0 Å². The lowest BCUT2D eigenvalue weighted by Gasteiger charge is -2.20. The van der Waals surface area contributed by atoms with E-state index in [-0.39, 0.29) is 0 Å². The Hall–Kier alpha value is -2.95. The maximum Gasteiger partial charge on any atom is 0.231 e. The van der Waals surface area contributed by atoms with Crippen LogP contribution in [-0.2, 0) is 19.4 Å². The molecule has 0 atom stereocenters. The van der Waals surface area contributed by atoms with E-state index in [1.165, 1.54) is 22.5 Å². The van der Waals surface area contributed by atoms with E-state index >= 15 is 0 Å². The Morgan fingerprint density at radius 1 is 1.04 bits per heavy atom. The monoisotopic (exact) mass is 364 g/mol. The average molecular weight is 364 g/mol. The summed E-state index contributed by atoms with van der Waals surface area (Å²) in [5.41, 5.74) is 5.01. The van der Waals surface area contributed by atoms with Gasteiger partial charge in [0.25, 0.3) is 0 Å². The molecule has 0 unspecified atom stereocenters. The van der Waals surface area contributed by atoms with E-state index in [0.29, 0.717) is 6.79 Å². The van der Waals surface area contributed by atoms with Crippen molar-refractivity contribution in [2.45, 2.75) is 26.3 Å². The molecule has 0 fully saturated rings. The highest BCUT2D eigenvalue weighted by Crippen LogP contribution is 2.42. The van der Waals surface area contributed by atoms with Crippen molar-refractivity contribution in [1.29, 1.82) is 0 Å². The van der Waals surface area contributed by atoms with Crippen LogP contribution in [0.3, 0.4) is 0 Å². The highest BCUT2D eigenvalue weighted by molar-refractivity contribution is 5.94. The third-order valence-electron chi connectivity index (χ3n) is 5.59. The minimum atomic E-state index is 0.299. The molecule has 0 bridgehead atoms. The van der Waals surface area contributed by atoms with Crippen LogP contribution in [0.25, 0.3) is 22.0 Å². The largest absolute Gasteiger partial charge is 0.493 e. The lowest BCUT2D eigenvalue weighted by molar-refractivity contribution is -0.693. The number of hydrogen-bond donors (Lipinski definition) is 0. The van der Waals surface area contributed by atoms with Gasteiger partial charge < -0.3 is 18.9 Å². The third kappa shape index (κ3) is 2.27. The molecular weight excluding hydrogens is 342 g/mol. The maximum atomic E-state index is 5.74. The molecule has 0 radical (unpaired) electrons. The molecule has 0 saturated heterocycles. The minimum absolute atomic E-state index is 0.299. The van der Waals surface area contributed by atoms with Crippen LogP contribution in [0, 0.1) is 0 Å². The second-order valence-electron chi connectivity index (χ2n) is 6.86. The van der Waals surface area contributed by atoms with Crippen molar-refractivity contribution in [2.75, 3.05) is 21.0 Å². The molecule has 3 heterocycles. The van der Waals surface area contributed by atoms with Gasteiger partial charge in [-0.2, -0.15) is 4.57 Å². The van der Waals surface area contributed by atoms with Crippen molar-refractivity contribution in [3.05, 3.63) is 41.6 Å². The summed E-state index contributed by atoms with van der Waals surface area (Å²) in [7, 11) is 3.39. The van der Waals surface area contributed by atoms with Gasteiger partial charge in [0.05, 0.1) is 25.2 Å². The molecule has 138 valence electrons. The summed E-state index contributed by atoms with van der Waals surface area (Å²) < 4.78 is 24.9. The normalized spacial score (nSPS) is 14.0. The number of methoxy groups -OCH3 is 2. The van der Waals surface area contributed by atoms with Crippen LogP contribution in [-0.4, -0.2) is 21.0 Å². The van der Waals surface area contributed by atoms with Gasteiger partial charge in [0.2, 0.25) is 12.5 Å². The molecule has 5 heteroatoms. The molecule has 2 aliphatic heterocycles. The molecule has 27 heavy (non-hydrogen) atoms. The van der Waals surface area contributed by atoms with Gasteiger partial charge >= 0.3 is 0 Å². The van der Waals surface area contributed by atoms with Crippen molar-refractivity contribution in [3.63, 3.8) is 0 Å². The van der Waals surface area contributed by atoms with Crippen LogP contribution in [0.15, 0.2) is 30.3 Å². The van der Waals surface area contributed by atoms with Gasteiger partial charge in [-0.05, 0) is 35.2 Å². The molecule has 2 aromatic carbocycles. The summed E-state index contributed by atoms with van der Waals surface area (Å²) in [6, 6.07) is 10.6. The predicted octanol–water partition coefficient (Wildman–Crippen LogP) is 3.66. The zero-order valence-electron chi connectivity index (χ0n) is 15.8. The number of fused-ring (bicyclic) bond motifs is 5. The van der Waals surface area contributed by atoms with Crippen molar-refractivity contribution in [3.8, 4) is 34.3 Å². The second-order valence-corrected chi connectivity index (χ2v) is 6.86. The molecule has 2 aliphatic rings. The van der Waals surface area contributed by atoms with E-state index in [1.54, 1.807) is 14.2 Å². The number of rotatable bonds is 3. The number of pyridine rings is 1. The molecule has 0 N–H and O–H groups in total. The lowest BCUT2D eigenvalue weighted by Crippen LogP contribution is -2.44. The van der Waals surface area contributed by atoms with Crippen LogP contribution in [0.1, 0.15) is 18.2 Å². The van der Waals surface area contributed by atoms with Gasteiger partial charge in [0.15, 0.2) is 35.2 Å². The van der Waals surface area contributed by atoms with Gasteiger partial charge in [0.1, 0.15) is 0 Å². The zero-order valence-corrected chi connectivity index (χ0v) is 15.8. The molecule has 5 nitrogen and oxygen atoms in total. The van der Waals surface area contributed by atoms with Gasteiger partial charge in [-0.25, -0.2) is 0 Å². The van der Waals surface area contributed by atoms with Gasteiger partial charge in [-0.3, -0.25) is 0 Å². The molecule has 3 aromatic rings. The van der Waals surface area contributed by atoms with E-state index in [0.717, 1.165) is 53.2 Å². The number of ether oxygens (including phenoxy) is 4. The van der Waals surface area contributed by atoms with Crippen LogP contribution in [0.2, 0.25) is 0 Å². The Labute approximate surface area is 158 Å². The topological polar surface area (TPSA) is 40.8 Å². The van der Waals surface area contributed by atoms with Gasteiger partial charge in [0, 0.05) is 18.9 Å². The number of hydrogen-bond acceptors (Lipinski definition) is 4. The fourth-order valence-corrected chi connectivity index (χ4v) is 4.37. The number of aryl methyl sites for hydroxylation is 2. The van der Waals surface area contributed by atoms with Crippen molar-refractivity contribution in [2.24, 2.45) is 0 Å². The molecule has 0 saturated carbocycles. The Morgan fingerprint density at radius 3 is 2.59 bits per heavy atom. The molecule has 0 spiro atoms. The number of aromatic nitrogens is 1. The van der Waals surface area contributed by atoms with E-state index in [2.05, 4.69) is 35.8 Å². The number of nitrogens with zero attached hydrogens (tertiary/aromatic N) is 1. The summed E-state index contributed by atoms with van der Waals surface area (Å²) in [5, 5.41) is 2.29. The van der Waals surface area contributed by atoms with Crippen molar-refractivity contribution in [1.82, 2.24) is 0 Å². The fraction of sp³-hybridized carbons (Fsp3) is 0.318. The summed E-state index contributed by atoms with van der Waals surface area (Å²) in [4.78, 5) is 0. The first kappa shape index (κ1) is 16.2. The summed E-state index contributed by atoms with van der Waals surface area (Å²) in [6.45, 7) is 3.42. The van der Waals surface area contributed by atoms with Crippen LogP contribution in [0.4, 0.5) is 0 Å². The van der Waals surface area contributed by atoms with Crippen molar-refractivity contribution < 1.29 is 23.5 Å². The van der Waals surface area contributed by atoms with Crippen LogP contribution < -0.4 is 23.5 Å². The number of benzene rings is 2. The molecular formula is C22H22NO4+. The van der Waals surface area contributed by atoms with E-state index < -0.39 is 0 Å². The average Bonchev–Trinajstić information content (AvgIpc) is 3.16. The Bertz CT molecular complexity index is 1070. The fourth-order valence-electron chi connectivity index (χ4n) is 4.37. The Morgan fingerprint density at radius 2 is 1.85 bits per heavy atom. The van der Waals surface area contributed by atoms with Crippen LogP contribution in [0.5, 0.6) is 23.0 Å². The first-order valence-corrected chi connectivity index (χ1v) is 9.28. The molecule has 1 aromatic heterocycles. The first-order chi connectivity index (χ1) is 13.2.